The highest BCUT2D eigenvalue weighted by atomic mass is 19.4. The summed E-state index contributed by atoms with van der Waals surface area (Å²) < 4.78 is 43.7. The summed E-state index contributed by atoms with van der Waals surface area (Å²) in [5, 5.41) is 12.0. The van der Waals surface area contributed by atoms with E-state index in [0.717, 1.165) is 0 Å². The minimum atomic E-state index is -4.59. The van der Waals surface area contributed by atoms with Gasteiger partial charge in [-0.15, -0.1) is 10.2 Å². The number of halogens is 3. The summed E-state index contributed by atoms with van der Waals surface area (Å²) in [5.41, 5.74) is 5.66. The lowest BCUT2D eigenvalue weighted by Gasteiger charge is -2.15. The molecule has 0 spiro atoms. The van der Waals surface area contributed by atoms with Gasteiger partial charge < -0.3 is 10.1 Å². The Morgan fingerprint density at radius 1 is 1.29 bits per heavy atom. The Kier molecular flexibility index (Phi) is 5.37. The summed E-state index contributed by atoms with van der Waals surface area (Å²) in [5.74, 6) is -0.439. The number of hydrogen-bond donors (Lipinski definition) is 1. The Bertz CT molecular complexity index is 661. The number of benzene rings is 1. The van der Waals surface area contributed by atoms with E-state index in [1.54, 1.807) is 0 Å². The third kappa shape index (κ3) is 4.00. The first-order valence-electron chi connectivity index (χ1n) is 6.89. The highest BCUT2D eigenvalue weighted by molar-refractivity contribution is 5.94. The van der Waals surface area contributed by atoms with E-state index < -0.39 is 17.7 Å². The van der Waals surface area contributed by atoms with Gasteiger partial charge in [-0.25, -0.2) is 0 Å². The van der Waals surface area contributed by atoms with E-state index in [9.17, 15) is 18.0 Å². The molecule has 0 fully saturated rings. The lowest BCUT2D eigenvalue weighted by molar-refractivity contribution is -0.166. The van der Waals surface area contributed by atoms with E-state index in [-0.39, 0.29) is 37.4 Å². The molecule has 1 N–H and O–H groups in total. The Morgan fingerprint density at radius 3 is 2.50 bits per heavy atom. The molecule has 0 atom stereocenters. The minimum absolute atomic E-state index is 0.132. The third-order valence-corrected chi connectivity index (χ3v) is 3.18. The molecular formula is C13H13F3N6O2. The standard InChI is InChI=1S/C13H13F3N6O2/c14-13(15,16)12(20-21-12)10-3-1-9(2-4-10)11(23)18-5-7-24-8-6-19-22-17/h1-4H,5-8H2,(H,18,23). The Balaban J connectivity index is 1.81. The number of ether oxygens (including phenoxy) is 1. The average Bonchev–Trinajstić information content (AvgIpc) is 3.35. The van der Waals surface area contributed by atoms with Crippen molar-refractivity contribution < 1.29 is 22.7 Å². The molecule has 1 amide bonds. The van der Waals surface area contributed by atoms with E-state index in [1.807, 2.05) is 0 Å². The van der Waals surface area contributed by atoms with Gasteiger partial charge in [0, 0.05) is 29.1 Å². The highest BCUT2D eigenvalue weighted by Crippen LogP contribution is 2.52. The predicted octanol–water partition coefficient (Wildman–Crippen LogP) is 2.92. The number of hydrogen-bond acceptors (Lipinski definition) is 5. The number of azide groups is 1. The molecule has 0 aromatic heterocycles. The van der Waals surface area contributed by atoms with Crippen molar-refractivity contribution in [3.05, 3.63) is 45.8 Å². The number of alkyl halides is 3. The predicted molar refractivity (Wildman–Crippen MR) is 76.2 cm³/mol. The van der Waals surface area contributed by atoms with E-state index in [0.29, 0.717) is 0 Å². The van der Waals surface area contributed by atoms with Crippen molar-refractivity contribution >= 4 is 5.91 Å². The monoisotopic (exact) mass is 342 g/mol. The van der Waals surface area contributed by atoms with Crippen LogP contribution in [0.25, 0.3) is 10.4 Å². The Morgan fingerprint density at radius 2 is 1.96 bits per heavy atom. The topological polar surface area (TPSA) is 112 Å². The highest BCUT2D eigenvalue weighted by Gasteiger charge is 2.65. The molecule has 11 heteroatoms. The zero-order valence-electron chi connectivity index (χ0n) is 12.3. The van der Waals surface area contributed by atoms with Crippen molar-refractivity contribution in [1.29, 1.82) is 0 Å². The number of carbonyl (C=O) groups is 1. The molecule has 0 aliphatic carbocycles. The van der Waals surface area contributed by atoms with Gasteiger partial charge in [0.1, 0.15) is 0 Å². The van der Waals surface area contributed by atoms with E-state index in [1.165, 1.54) is 24.3 Å². The summed E-state index contributed by atoms with van der Waals surface area (Å²) in [6, 6.07) is 4.92. The maximum absolute atomic E-state index is 12.9. The molecule has 0 unspecified atom stereocenters. The Hall–Kier alpha value is -2.65. The van der Waals surface area contributed by atoms with Crippen molar-refractivity contribution in [2.45, 2.75) is 11.8 Å². The first-order chi connectivity index (χ1) is 11.4. The summed E-state index contributed by atoms with van der Waals surface area (Å²) in [6.45, 7) is 0.873. The van der Waals surface area contributed by atoms with Gasteiger partial charge in [0.2, 0.25) is 0 Å². The van der Waals surface area contributed by atoms with Crippen LogP contribution in [0, 0.1) is 0 Å². The van der Waals surface area contributed by atoms with Gasteiger partial charge in [-0.05, 0) is 17.7 Å². The van der Waals surface area contributed by atoms with Gasteiger partial charge in [-0.1, -0.05) is 17.2 Å². The van der Waals surface area contributed by atoms with Crippen molar-refractivity contribution in [2.24, 2.45) is 15.3 Å². The van der Waals surface area contributed by atoms with Crippen LogP contribution < -0.4 is 5.32 Å². The molecule has 0 bridgehead atoms. The summed E-state index contributed by atoms with van der Waals surface area (Å²) in [6.07, 6.45) is -4.59. The van der Waals surface area contributed by atoms with Gasteiger partial charge in [-0.2, -0.15) is 13.2 Å². The number of rotatable bonds is 8. The lowest BCUT2D eigenvalue weighted by Crippen LogP contribution is -2.30. The van der Waals surface area contributed by atoms with E-state index >= 15 is 0 Å². The molecule has 0 saturated carbocycles. The quantitative estimate of drug-likeness (QED) is 0.339. The largest absolute Gasteiger partial charge is 0.442 e. The summed E-state index contributed by atoms with van der Waals surface area (Å²) in [4.78, 5) is 14.4. The van der Waals surface area contributed by atoms with Crippen LogP contribution in [0.15, 0.2) is 39.6 Å². The van der Waals surface area contributed by atoms with Crippen LogP contribution in [-0.2, 0) is 10.4 Å². The minimum Gasteiger partial charge on any atom is -0.379 e. The molecule has 1 heterocycles. The number of nitrogens with zero attached hydrogens (tertiary/aromatic N) is 5. The summed E-state index contributed by atoms with van der Waals surface area (Å²) >= 11 is 0. The lowest BCUT2D eigenvalue weighted by atomic mass is 10.0. The number of amides is 1. The van der Waals surface area contributed by atoms with Gasteiger partial charge in [0.25, 0.3) is 5.91 Å². The van der Waals surface area contributed by atoms with Gasteiger partial charge in [-0.3, -0.25) is 4.79 Å². The second kappa shape index (κ2) is 7.28. The zero-order chi connectivity index (χ0) is 17.6. The maximum Gasteiger partial charge on any atom is 0.442 e. The molecule has 0 radical (unpaired) electrons. The van der Waals surface area contributed by atoms with Gasteiger partial charge >= 0.3 is 11.8 Å². The van der Waals surface area contributed by atoms with Crippen LogP contribution in [0.3, 0.4) is 0 Å². The fraction of sp³-hybridized carbons (Fsp3) is 0.462. The molecule has 1 aromatic rings. The molecule has 8 nitrogen and oxygen atoms in total. The number of carbonyl (C=O) groups excluding carboxylic acids is 1. The molecule has 0 saturated heterocycles. The molecule has 24 heavy (non-hydrogen) atoms. The first-order valence-corrected chi connectivity index (χ1v) is 6.89. The maximum atomic E-state index is 12.9. The molecule has 2 rings (SSSR count). The molecule has 1 aliphatic rings. The first kappa shape index (κ1) is 17.7. The summed E-state index contributed by atoms with van der Waals surface area (Å²) in [7, 11) is 0. The molecule has 128 valence electrons. The average molecular weight is 342 g/mol. The van der Waals surface area contributed by atoms with Crippen molar-refractivity contribution in [1.82, 2.24) is 5.32 Å². The second-order valence-electron chi connectivity index (χ2n) is 4.77. The third-order valence-electron chi connectivity index (χ3n) is 3.18. The SMILES string of the molecule is [N-]=[N+]=NCCOCCNC(=O)c1ccc(C2(C(F)(F)F)N=N2)cc1. The second-order valence-corrected chi connectivity index (χ2v) is 4.77. The zero-order valence-corrected chi connectivity index (χ0v) is 12.3. The van der Waals surface area contributed by atoms with Crippen LogP contribution in [0.2, 0.25) is 0 Å². The van der Waals surface area contributed by atoms with Crippen LogP contribution in [0.4, 0.5) is 13.2 Å². The normalized spacial score (nSPS) is 14.8. The van der Waals surface area contributed by atoms with Crippen LogP contribution in [-0.4, -0.2) is 38.4 Å². The fourth-order valence-electron chi connectivity index (χ4n) is 1.89. The van der Waals surface area contributed by atoms with Crippen LogP contribution >= 0.6 is 0 Å². The molecular weight excluding hydrogens is 329 g/mol. The Labute approximate surface area is 134 Å². The van der Waals surface area contributed by atoms with Gasteiger partial charge in [0.15, 0.2) is 0 Å². The van der Waals surface area contributed by atoms with E-state index in [2.05, 4.69) is 25.6 Å². The number of nitrogens with one attached hydrogen (secondary N) is 1. The van der Waals surface area contributed by atoms with Crippen molar-refractivity contribution in [3.8, 4) is 0 Å². The molecule has 1 aliphatic heterocycles. The van der Waals surface area contributed by atoms with Crippen LogP contribution in [0.5, 0.6) is 0 Å². The van der Waals surface area contributed by atoms with Crippen molar-refractivity contribution in [3.63, 3.8) is 0 Å². The van der Waals surface area contributed by atoms with Gasteiger partial charge in [0.05, 0.1) is 13.2 Å². The molecule has 1 aromatic carbocycles. The fourth-order valence-corrected chi connectivity index (χ4v) is 1.89. The van der Waals surface area contributed by atoms with Crippen molar-refractivity contribution in [2.75, 3.05) is 26.3 Å². The van der Waals surface area contributed by atoms with Crippen LogP contribution in [0.1, 0.15) is 15.9 Å². The smallest absolute Gasteiger partial charge is 0.379 e. The van der Waals surface area contributed by atoms with E-state index in [4.69, 9.17) is 10.3 Å².